The summed E-state index contributed by atoms with van der Waals surface area (Å²) in [6.07, 6.45) is 0.452. The van der Waals surface area contributed by atoms with Gasteiger partial charge in [-0.1, -0.05) is 6.92 Å². The van der Waals surface area contributed by atoms with Gasteiger partial charge in [0.2, 0.25) is 5.91 Å². The molecule has 20 heavy (non-hydrogen) atoms. The molecule has 1 saturated carbocycles. The van der Waals surface area contributed by atoms with Crippen molar-refractivity contribution in [1.82, 2.24) is 5.32 Å². The van der Waals surface area contributed by atoms with E-state index in [4.69, 9.17) is 5.11 Å². The van der Waals surface area contributed by atoms with E-state index >= 15 is 0 Å². The zero-order valence-electron chi connectivity index (χ0n) is 10.9. The smallest absolute Gasteiger partial charge is 0.308 e. The molecule has 4 nitrogen and oxygen atoms in total. The molecule has 1 aliphatic carbocycles. The number of carboxylic acid groups (broad SMARTS) is 1. The van der Waals surface area contributed by atoms with Gasteiger partial charge in [0.05, 0.1) is 5.92 Å². The number of hydrogen-bond donors (Lipinski definition) is 2. The lowest BCUT2D eigenvalue weighted by atomic mass is 10.1. The first-order valence-corrected chi connectivity index (χ1v) is 6.35. The maximum atomic E-state index is 13.5. The maximum absolute atomic E-state index is 13.5. The van der Waals surface area contributed by atoms with Crippen molar-refractivity contribution in [2.45, 2.75) is 19.3 Å². The lowest BCUT2D eigenvalue weighted by Crippen LogP contribution is -2.32. The highest BCUT2D eigenvalue weighted by Gasteiger charge is 2.45. The van der Waals surface area contributed by atoms with E-state index in [2.05, 4.69) is 5.32 Å². The third kappa shape index (κ3) is 3.12. The molecule has 1 amide bonds. The van der Waals surface area contributed by atoms with E-state index in [1.807, 2.05) is 0 Å². The Balaban J connectivity index is 1.92. The molecule has 0 aromatic heterocycles. The van der Waals surface area contributed by atoms with Crippen LogP contribution in [0.5, 0.6) is 0 Å². The maximum Gasteiger partial charge on any atom is 0.308 e. The van der Waals surface area contributed by atoms with E-state index in [0.29, 0.717) is 6.42 Å². The Morgan fingerprint density at radius 2 is 2.15 bits per heavy atom. The minimum Gasteiger partial charge on any atom is -0.481 e. The Hall–Kier alpha value is -1.98. The quantitative estimate of drug-likeness (QED) is 0.867. The van der Waals surface area contributed by atoms with Crippen molar-refractivity contribution in [1.29, 1.82) is 0 Å². The molecule has 3 atom stereocenters. The molecular formula is C14H15F2NO3. The highest BCUT2D eigenvalue weighted by atomic mass is 19.1. The van der Waals surface area contributed by atoms with Crippen molar-refractivity contribution in [2.24, 2.45) is 11.8 Å². The third-order valence-corrected chi connectivity index (χ3v) is 3.49. The number of aliphatic carboxylic acids is 1. The number of amides is 1. The average Bonchev–Trinajstić information content (AvgIpc) is 3.18. The molecule has 2 rings (SSSR count). The predicted octanol–water partition coefficient (Wildman–Crippen LogP) is 1.91. The van der Waals surface area contributed by atoms with E-state index in [1.165, 1.54) is 6.92 Å². The topological polar surface area (TPSA) is 66.4 Å². The van der Waals surface area contributed by atoms with Crippen LogP contribution in [0.3, 0.4) is 0 Å². The lowest BCUT2D eigenvalue weighted by Gasteiger charge is -2.08. The molecule has 6 heteroatoms. The van der Waals surface area contributed by atoms with E-state index < -0.39 is 29.4 Å². The number of halogens is 2. The summed E-state index contributed by atoms with van der Waals surface area (Å²) in [6.45, 7) is 1.52. The Labute approximate surface area is 114 Å². The first-order chi connectivity index (χ1) is 9.40. The number of nitrogens with one attached hydrogen (secondary N) is 1. The van der Waals surface area contributed by atoms with Crippen LogP contribution in [0.1, 0.15) is 24.8 Å². The summed E-state index contributed by atoms with van der Waals surface area (Å²) < 4.78 is 26.6. The minimum absolute atomic E-state index is 0.0308. The van der Waals surface area contributed by atoms with Crippen LogP contribution in [0.15, 0.2) is 18.2 Å². The summed E-state index contributed by atoms with van der Waals surface area (Å²) >= 11 is 0. The van der Waals surface area contributed by atoms with Crippen molar-refractivity contribution in [3.63, 3.8) is 0 Å². The van der Waals surface area contributed by atoms with Gasteiger partial charge in [0, 0.05) is 12.5 Å². The molecule has 1 fully saturated rings. The molecule has 0 saturated heterocycles. The summed E-state index contributed by atoms with van der Waals surface area (Å²) in [4.78, 5) is 22.4. The minimum atomic E-state index is -0.992. The van der Waals surface area contributed by atoms with Crippen LogP contribution in [-0.2, 0) is 9.59 Å². The molecule has 0 radical (unpaired) electrons. The second-order valence-corrected chi connectivity index (χ2v) is 5.10. The second-order valence-electron chi connectivity index (χ2n) is 5.10. The molecule has 0 heterocycles. The zero-order chi connectivity index (χ0) is 14.9. The predicted molar refractivity (Wildman–Crippen MR) is 67.0 cm³/mol. The van der Waals surface area contributed by atoms with Crippen molar-refractivity contribution in [3.8, 4) is 0 Å². The molecule has 0 bridgehead atoms. The number of carbonyl (C=O) groups is 2. The van der Waals surface area contributed by atoms with Crippen LogP contribution >= 0.6 is 0 Å². The van der Waals surface area contributed by atoms with Crippen LogP contribution in [0.2, 0.25) is 0 Å². The van der Waals surface area contributed by atoms with Crippen LogP contribution in [-0.4, -0.2) is 23.5 Å². The van der Waals surface area contributed by atoms with Gasteiger partial charge in [-0.05, 0) is 36.1 Å². The fourth-order valence-corrected chi connectivity index (χ4v) is 2.10. The average molecular weight is 283 g/mol. The van der Waals surface area contributed by atoms with E-state index in [9.17, 15) is 18.4 Å². The number of benzene rings is 1. The molecular weight excluding hydrogens is 268 g/mol. The Morgan fingerprint density at radius 3 is 2.80 bits per heavy atom. The van der Waals surface area contributed by atoms with Gasteiger partial charge in [-0.2, -0.15) is 0 Å². The SMILES string of the molecule is CC(CNC(=O)C1CC1c1cc(F)ccc1F)C(=O)O. The van der Waals surface area contributed by atoms with E-state index in [0.717, 1.165) is 18.2 Å². The fourth-order valence-electron chi connectivity index (χ4n) is 2.10. The molecule has 0 spiro atoms. The highest BCUT2D eigenvalue weighted by molar-refractivity contribution is 5.83. The number of rotatable bonds is 5. The Morgan fingerprint density at radius 1 is 1.45 bits per heavy atom. The summed E-state index contributed by atoms with van der Waals surface area (Å²) in [7, 11) is 0. The van der Waals surface area contributed by atoms with Gasteiger partial charge in [0.15, 0.2) is 0 Å². The van der Waals surface area contributed by atoms with Gasteiger partial charge >= 0.3 is 5.97 Å². The molecule has 1 aromatic rings. The van der Waals surface area contributed by atoms with Gasteiger partial charge < -0.3 is 10.4 Å². The molecule has 0 aliphatic heterocycles. The zero-order valence-corrected chi connectivity index (χ0v) is 10.9. The van der Waals surface area contributed by atoms with Crippen LogP contribution in [0.4, 0.5) is 8.78 Å². The molecule has 2 N–H and O–H groups in total. The molecule has 1 aliphatic rings. The third-order valence-electron chi connectivity index (χ3n) is 3.49. The van der Waals surface area contributed by atoms with Crippen LogP contribution in [0.25, 0.3) is 0 Å². The van der Waals surface area contributed by atoms with Crippen molar-refractivity contribution < 1.29 is 23.5 Å². The van der Waals surface area contributed by atoms with Gasteiger partial charge in [0.1, 0.15) is 11.6 Å². The van der Waals surface area contributed by atoms with E-state index in [1.54, 1.807) is 0 Å². The van der Waals surface area contributed by atoms with Crippen molar-refractivity contribution >= 4 is 11.9 Å². The van der Waals surface area contributed by atoms with Crippen molar-refractivity contribution in [2.75, 3.05) is 6.54 Å². The lowest BCUT2D eigenvalue weighted by molar-refractivity contribution is -0.141. The van der Waals surface area contributed by atoms with Crippen LogP contribution in [0, 0.1) is 23.5 Å². The van der Waals surface area contributed by atoms with E-state index in [-0.39, 0.29) is 23.9 Å². The molecule has 1 aromatic carbocycles. The van der Waals surface area contributed by atoms with Crippen molar-refractivity contribution in [3.05, 3.63) is 35.4 Å². The summed E-state index contributed by atoms with van der Waals surface area (Å²) in [5.41, 5.74) is 0.205. The highest BCUT2D eigenvalue weighted by Crippen LogP contribution is 2.48. The van der Waals surface area contributed by atoms with Gasteiger partial charge in [-0.3, -0.25) is 9.59 Å². The van der Waals surface area contributed by atoms with Gasteiger partial charge in [-0.15, -0.1) is 0 Å². The van der Waals surface area contributed by atoms with Crippen LogP contribution < -0.4 is 5.32 Å². The first kappa shape index (κ1) is 14.4. The summed E-state index contributed by atoms with van der Waals surface area (Å²) in [6, 6.07) is 3.18. The molecule has 108 valence electrons. The van der Waals surface area contributed by atoms with Gasteiger partial charge in [0.25, 0.3) is 0 Å². The number of carbonyl (C=O) groups excluding carboxylic acids is 1. The standard InChI is InChI=1S/C14H15F2NO3/c1-7(14(19)20)6-17-13(18)11-5-9(11)10-4-8(15)2-3-12(10)16/h2-4,7,9,11H,5-6H2,1H3,(H,17,18)(H,19,20). The summed E-state index contributed by atoms with van der Waals surface area (Å²) in [5.74, 6) is -3.78. The summed E-state index contributed by atoms with van der Waals surface area (Å²) in [5, 5.41) is 11.2. The Bertz CT molecular complexity index is 547. The fraction of sp³-hybridized carbons (Fsp3) is 0.429. The second kappa shape index (κ2) is 5.56. The number of carboxylic acids is 1. The normalized spacial score (nSPS) is 22.1. The largest absolute Gasteiger partial charge is 0.481 e. The first-order valence-electron chi connectivity index (χ1n) is 6.35. The number of hydrogen-bond acceptors (Lipinski definition) is 2. The molecule has 3 unspecified atom stereocenters. The van der Waals surface area contributed by atoms with Gasteiger partial charge in [-0.25, -0.2) is 8.78 Å². The monoisotopic (exact) mass is 283 g/mol. The Kier molecular flexibility index (Phi) is 4.01.